The molecule has 28 heteroatoms. The maximum absolute atomic E-state index is 15.3. The average molecular weight is 1390 g/mol. The van der Waals surface area contributed by atoms with Crippen molar-refractivity contribution in [2.75, 3.05) is 102 Å². The molecule has 560 valence electrons. The second-order valence-corrected chi connectivity index (χ2v) is 29.2. The molecule has 0 spiro atoms. The third-order valence-corrected chi connectivity index (χ3v) is 18.9. The number of rotatable bonds is 19. The summed E-state index contributed by atoms with van der Waals surface area (Å²) >= 11 is 0. The molecular formula is C70H125N13O15. The fourth-order valence-corrected chi connectivity index (χ4v) is 12.4. The summed E-state index contributed by atoms with van der Waals surface area (Å²) in [5, 5.41) is 23.3. The fourth-order valence-electron chi connectivity index (χ4n) is 12.4. The summed E-state index contributed by atoms with van der Waals surface area (Å²) in [6.45, 7) is 31.0. The van der Waals surface area contributed by atoms with Crippen LogP contribution in [-0.2, 0) is 62.2 Å². The van der Waals surface area contributed by atoms with Gasteiger partial charge in [0.25, 0.3) is 0 Å². The van der Waals surface area contributed by atoms with Gasteiger partial charge in [-0.3, -0.25) is 52.7 Å². The zero-order chi connectivity index (χ0) is 75.2. The Balaban J connectivity index is 3.00. The second kappa shape index (κ2) is 40.3. The van der Waals surface area contributed by atoms with Gasteiger partial charge in [0.1, 0.15) is 73.1 Å². The molecule has 0 aliphatic carbocycles. The lowest BCUT2D eigenvalue weighted by Gasteiger charge is -2.41. The van der Waals surface area contributed by atoms with Crippen LogP contribution in [0.5, 0.6) is 0 Å². The predicted octanol–water partition coefficient (Wildman–Crippen LogP) is 2.65. The van der Waals surface area contributed by atoms with Gasteiger partial charge in [-0.15, -0.1) is 0 Å². The summed E-state index contributed by atoms with van der Waals surface area (Å²) in [5.74, 6) is -11.2. The Morgan fingerprint density at radius 2 is 0.969 bits per heavy atom. The number of piperazine rings is 1. The number of carbonyl (C=O) groups is 12. The van der Waals surface area contributed by atoms with Crippen LogP contribution in [0.2, 0.25) is 0 Å². The van der Waals surface area contributed by atoms with Crippen molar-refractivity contribution in [1.29, 1.82) is 0 Å². The molecule has 0 bridgehead atoms. The van der Waals surface area contributed by atoms with E-state index in [2.05, 4.69) is 26.2 Å². The predicted molar refractivity (Wildman–Crippen MR) is 374 cm³/mol. The molecule has 14 atom stereocenters. The van der Waals surface area contributed by atoms with Crippen LogP contribution in [0.1, 0.15) is 150 Å². The summed E-state index contributed by atoms with van der Waals surface area (Å²) in [7, 11) is 11.7. The van der Waals surface area contributed by atoms with Crippen molar-refractivity contribution in [3.8, 4) is 0 Å². The van der Waals surface area contributed by atoms with Crippen LogP contribution in [0.15, 0.2) is 12.2 Å². The topological polar surface area (TPSA) is 321 Å². The molecule has 0 aromatic carbocycles. The Kier molecular flexibility index (Phi) is 35.9. The smallest absolute Gasteiger partial charge is 0.409 e. The first-order valence-corrected chi connectivity index (χ1v) is 35.1. The maximum atomic E-state index is 15.3. The molecule has 98 heavy (non-hydrogen) atoms. The molecule has 2 aliphatic heterocycles. The van der Waals surface area contributed by atoms with Crippen LogP contribution in [0.4, 0.5) is 4.79 Å². The standard InChI is InChI=1S/C70H125N13O15/c1-26-28-29-45(13)58(84)57-62(88)73-50(27-2)65(91)76(19)49(17)64(90)81(24)56(46(14)39-97-34-35-98-70(96)83-32-30-75(18)31-33-83)61(87)74-54(43(9)10)68(94)77(20)51(36-40(3)4)60(86)71-47(15)59(85)72-48(16)63(89)78(21)52(37-41(5)6)66(92)79(22)53(38-42(7)8)67(93)80(23)55(44(11)12)69(95)82(57)25/h26,28,40-58,84H,27,29-39H2,1-25H3,(H,71,86)(H,72,85)(H,73,88)(H,74,87)/b28-26+/t45-,46-,47+,48-,49-,50+,51+,52+,53+,54+,55+,56+,57+,58-/m1/s1. The number of carbonyl (C=O) groups excluding carboxylic acids is 12. The molecule has 2 rings (SSSR count). The van der Waals surface area contributed by atoms with E-state index in [9.17, 15) is 38.7 Å². The zero-order valence-corrected chi connectivity index (χ0v) is 63.8. The van der Waals surface area contributed by atoms with Crippen molar-refractivity contribution in [3.05, 3.63) is 12.2 Å². The van der Waals surface area contributed by atoms with Crippen LogP contribution in [0, 0.1) is 41.4 Å². The molecule has 2 heterocycles. The minimum absolute atomic E-state index is 0.0342. The van der Waals surface area contributed by atoms with E-state index in [-0.39, 0.29) is 69.7 Å². The van der Waals surface area contributed by atoms with Crippen molar-refractivity contribution in [1.82, 2.24) is 65.4 Å². The highest BCUT2D eigenvalue weighted by molar-refractivity contribution is 6.00. The van der Waals surface area contributed by atoms with Crippen LogP contribution >= 0.6 is 0 Å². The number of amides is 12. The second-order valence-electron chi connectivity index (χ2n) is 29.2. The number of aliphatic hydroxyl groups excluding tert-OH is 1. The van der Waals surface area contributed by atoms with Gasteiger partial charge < -0.3 is 79.9 Å². The van der Waals surface area contributed by atoms with E-state index in [1.165, 1.54) is 89.7 Å². The maximum Gasteiger partial charge on any atom is 0.409 e. The quantitative estimate of drug-likeness (QED) is 0.0917. The van der Waals surface area contributed by atoms with E-state index in [4.69, 9.17) is 9.47 Å². The third-order valence-electron chi connectivity index (χ3n) is 18.9. The lowest BCUT2D eigenvalue weighted by Crippen LogP contribution is -2.64. The number of ether oxygens (including phenoxy) is 2. The van der Waals surface area contributed by atoms with Gasteiger partial charge in [-0.1, -0.05) is 102 Å². The van der Waals surface area contributed by atoms with Crippen LogP contribution < -0.4 is 21.3 Å². The molecule has 5 N–H and O–H groups in total. The van der Waals surface area contributed by atoms with E-state index in [0.29, 0.717) is 26.2 Å². The van der Waals surface area contributed by atoms with Crippen molar-refractivity contribution in [3.63, 3.8) is 0 Å². The minimum atomic E-state index is -1.66. The molecule has 28 nitrogen and oxygen atoms in total. The molecule has 0 radical (unpaired) electrons. The van der Waals surface area contributed by atoms with E-state index < -0.39 is 167 Å². The first-order chi connectivity index (χ1) is 45.5. The highest BCUT2D eigenvalue weighted by Gasteiger charge is 2.46. The minimum Gasteiger partial charge on any atom is -0.447 e. The van der Waals surface area contributed by atoms with Gasteiger partial charge in [0.2, 0.25) is 65.0 Å². The molecule has 0 saturated carbocycles. The molecular weight excluding hydrogens is 1260 g/mol. The number of hydrogen-bond acceptors (Lipinski definition) is 16. The number of nitrogens with one attached hydrogen (secondary N) is 4. The summed E-state index contributed by atoms with van der Waals surface area (Å²) in [5.41, 5.74) is 0. The van der Waals surface area contributed by atoms with E-state index in [0.717, 1.165) is 14.7 Å². The summed E-state index contributed by atoms with van der Waals surface area (Å²) in [4.78, 5) is 188. The highest BCUT2D eigenvalue weighted by atomic mass is 16.6. The first kappa shape index (κ1) is 87.1. The van der Waals surface area contributed by atoms with E-state index in [1.807, 2.05) is 48.6 Å². The molecule has 0 unspecified atom stereocenters. The van der Waals surface area contributed by atoms with Crippen LogP contribution in [0.25, 0.3) is 0 Å². The summed E-state index contributed by atoms with van der Waals surface area (Å²) in [6, 6.07) is -14.4. The van der Waals surface area contributed by atoms with Crippen LogP contribution in [-0.4, -0.2) is 295 Å². The summed E-state index contributed by atoms with van der Waals surface area (Å²) < 4.78 is 11.5. The number of allylic oxidation sites excluding steroid dienone is 2. The van der Waals surface area contributed by atoms with Gasteiger partial charge in [0.15, 0.2) is 0 Å². The van der Waals surface area contributed by atoms with Gasteiger partial charge in [0, 0.05) is 81.4 Å². The molecule has 12 amide bonds. The Labute approximate surface area is 584 Å². The van der Waals surface area contributed by atoms with Crippen molar-refractivity contribution in [2.24, 2.45) is 41.4 Å². The lowest BCUT2D eigenvalue weighted by atomic mass is 9.91. The number of likely N-dealkylation sites (N-methyl/N-ethyl adjacent to an activating group) is 8. The molecule has 0 aromatic heterocycles. The molecule has 2 saturated heterocycles. The van der Waals surface area contributed by atoms with E-state index >= 15 is 24.0 Å². The van der Waals surface area contributed by atoms with Crippen molar-refractivity contribution >= 4 is 71.1 Å². The largest absolute Gasteiger partial charge is 0.447 e. The van der Waals surface area contributed by atoms with Gasteiger partial charge in [-0.05, 0) is 102 Å². The highest BCUT2D eigenvalue weighted by Crippen LogP contribution is 2.26. The Morgan fingerprint density at radius 3 is 1.47 bits per heavy atom. The van der Waals surface area contributed by atoms with Gasteiger partial charge >= 0.3 is 6.09 Å². The van der Waals surface area contributed by atoms with E-state index in [1.54, 1.807) is 72.4 Å². The Bertz CT molecular complexity index is 2720. The van der Waals surface area contributed by atoms with Crippen molar-refractivity contribution < 1.29 is 72.1 Å². The fraction of sp³-hybridized carbons (Fsp3) is 0.800. The average Bonchev–Trinajstić information content (AvgIpc) is 0.810. The van der Waals surface area contributed by atoms with Gasteiger partial charge in [-0.25, -0.2) is 4.79 Å². The Morgan fingerprint density at radius 1 is 0.500 bits per heavy atom. The van der Waals surface area contributed by atoms with Crippen LogP contribution in [0.3, 0.4) is 0 Å². The van der Waals surface area contributed by atoms with Gasteiger partial charge in [0.05, 0.1) is 19.3 Å². The normalized spacial score (nSPS) is 27.1. The molecule has 2 fully saturated rings. The van der Waals surface area contributed by atoms with Gasteiger partial charge in [-0.2, -0.15) is 0 Å². The third kappa shape index (κ3) is 24.2. The number of hydrogen-bond donors (Lipinski definition) is 5. The zero-order valence-electron chi connectivity index (χ0n) is 63.8. The molecule has 2 aliphatic rings. The first-order valence-electron chi connectivity index (χ1n) is 35.1. The molecule has 0 aromatic rings. The number of nitrogens with zero attached hydrogens (tertiary/aromatic N) is 9. The SMILES string of the molecule is C/C=C/C[C@@H](C)[C@@H](O)[C@H]1C(=O)N[C@@H](CC)C(=O)N(C)[C@H](C)C(=O)N(C)[C@@H]([C@H](C)COCCOC(=O)N2CCN(C)CC2)C(=O)N[C@@H](C(C)C)C(=O)N(C)[C@@H](CC(C)C)C(=O)N[C@@H](C)C(=O)N[C@H](C)C(=O)N(C)[C@@H](CC(C)C)C(=O)N(C)[C@@H](CC(C)C)C(=O)N(C)[C@@H](C(C)C)C(=O)N1C. The summed E-state index contributed by atoms with van der Waals surface area (Å²) in [6.07, 6.45) is 2.14. The van der Waals surface area contributed by atoms with Crippen molar-refractivity contribution in [2.45, 2.75) is 222 Å². The lowest BCUT2D eigenvalue weighted by molar-refractivity contribution is -0.157. The number of aliphatic hydroxyl groups is 1. The monoisotopic (exact) mass is 1390 g/mol. The Hall–Kier alpha value is -6.94.